The monoisotopic (exact) mass is 612 g/mol. The fraction of sp³-hybridized carbons (Fsp3) is 0.289. The largest absolute Gasteiger partial charge is 0.258 e. The van der Waals surface area contributed by atoms with E-state index in [9.17, 15) is 0 Å². The summed E-state index contributed by atoms with van der Waals surface area (Å²) in [6, 6.07) is 29.4. The van der Waals surface area contributed by atoms with Gasteiger partial charge in [-0.25, -0.2) is 4.99 Å². The van der Waals surface area contributed by atoms with Gasteiger partial charge in [-0.15, -0.1) is 0 Å². The minimum absolute atomic E-state index is 0.0615. The maximum absolute atomic E-state index is 5.35. The van der Waals surface area contributed by atoms with Gasteiger partial charge in [-0.3, -0.25) is 4.99 Å². The number of nitrogens with zero attached hydrogens (tertiary/aromatic N) is 2. The lowest BCUT2D eigenvalue weighted by Gasteiger charge is -2.33. The SMILES string of the molecule is CC1CC=C(c2cc(C3=NC(c4ccccc4)=NC(C4=CCCC=C4)C3)cc(-c3cc4c(c5ccccc35)C=CCC4)c2)C(C)C1C. The maximum atomic E-state index is 5.35. The summed E-state index contributed by atoms with van der Waals surface area (Å²) in [7, 11) is 0. The van der Waals surface area contributed by atoms with Crippen LogP contribution < -0.4 is 0 Å². The van der Waals surface area contributed by atoms with Crippen LogP contribution in [-0.4, -0.2) is 17.6 Å². The van der Waals surface area contributed by atoms with E-state index in [1.54, 1.807) is 0 Å². The number of aliphatic imine (C=N–C) groups is 2. The normalized spacial score (nSPS) is 23.9. The van der Waals surface area contributed by atoms with Crippen molar-refractivity contribution in [2.75, 3.05) is 0 Å². The Morgan fingerprint density at radius 3 is 2.28 bits per heavy atom. The molecule has 1 aliphatic heterocycles. The van der Waals surface area contributed by atoms with Crippen LogP contribution in [0.25, 0.3) is 33.5 Å². The molecule has 0 saturated heterocycles. The van der Waals surface area contributed by atoms with E-state index in [-0.39, 0.29) is 6.04 Å². The molecule has 4 aromatic carbocycles. The van der Waals surface area contributed by atoms with E-state index >= 15 is 0 Å². The average molecular weight is 613 g/mol. The zero-order chi connectivity index (χ0) is 31.9. The number of allylic oxidation sites excluding steroid dienone is 5. The van der Waals surface area contributed by atoms with E-state index in [4.69, 9.17) is 9.98 Å². The molecule has 0 spiro atoms. The second-order valence-corrected chi connectivity index (χ2v) is 14.1. The molecule has 0 aromatic heterocycles. The number of hydrogen-bond donors (Lipinski definition) is 0. The zero-order valence-electron chi connectivity index (χ0n) is 27.9. The summed E-state index contributed by atoms with van der Waals surface area (Å²) in [5.41, 5.74) is 13.0. The van der Waals surface area contributed by atoms with Gasteiger partial charge < -0.3 is 0 Å². The molecule has 4 aromatic rings. The molecule has 4 aliphatic rings. The van der Waals surface area contributed by atoms with Gasteiger partial charge >= 0.3 is 0 Å². The lowest BCUT2D eigenvalue weighted by Crippen LogP contribution is -2.24. The standard InChI is InChI=1S/C45H44N2/c1-29-22-23-38(31(3)30(29)2)35-24-36(42-27-34-18-10-11-19-39(34)40-20-12-13-21-41(40)42)26-37(25-35)44-28-43(32-14-6-4-7-15-32)46-45(47-44)33-16-8-5-9-17-33/h5-6,8-9,11-17,19-21,23-27,29-31,43H,4,7,10,18,22,28H2,1-3H3. The molecule has 0 amide bonds. The average Bonchev–Trinajstić information content (AvgIpc) is 3.14. The first-order chi connectivity index (χ1) is 23.0. The summed E-state index contributed by atoms with van der Waals surface area (Å²) < 4.78 is 0. The van der Waals surface area contributed by atoms with Crippen molar-refractivity contribution < 1.29 is 0 Å². The highest BCUT2D eigenvalue weighted by Crippen LogP contribution is 2.43. The molecule has 234 valence electrons. The second kappa shape index (κ2) is 12.6. The molecule has 2 nitrogen and oxygen atoms in total. The van der Waals surface area contributed by atoms with Crippen molar-refractivity contribution in [1.29, 1.82) is 0 Å². The van der Waals surface area contributed by atoms with E-state index in [0.717, 1.165) is 55.6 Å². The fourth-order valence-corrected chi connectivity index (χ4v) is 8.09. The Bertz CT molecular complexity index is 2030. The van der Waals surface area contributed by atoms with E-state index in [0.29, 0.717) is 17.8 Å². The molecule has 1 heterocycles. The van der Waals surface area contributed by atoms with Gasteiger partial charge in [0.25, 0.3) is 0 Å². The third-order valence-electron chi connectivity index (χ3n) is 11.2. The Morgan fingerprint density at radius 1 is 0.681 bits per heavy atom. The second-order valence-electron chi connectivity index (χ2n) is 14.1. The van der Waals surface area contributed by atoms with Crippen molar-refractivity contribution in [3.05, 3.63) is 143 Å². The van der Waals surface area contributed by atoms with Crippen molar-refractivity contribution >= 4 is 34.0 Å². The van der Waals surface area contributed by atoms with E-state index in [1.807, 2.05) is 0 Å². The highest BCUT2D eigenvalue weighted by Gasteiger charge is 2.29. The van der Waals surface area contributed by atoms with Crippen LogP contribution in [0.1, 0.15) is 80.7 Å². The van der Waals surface area contributed by atoms with Gasteiger partial charge in [0.1, 0.15) is 0 Å². The Kier molecular flexibility index (Phi) is 7.97. The first-order valence-electron chi connectivity index (χ1n) is 17.7. The predicted octanol–water partition coefficient (Wildman–Crippen LogP) is 11.4. The van der Waals surface area contributed by atoms with Crippen LogP contribution in [0, 0.1) is 17.8 Å². The lowest BCUT2D eigenvalue weighted by molar-refractivity contribution is 0.315. The van der Waals surface area contributed by atoms with Crippen LogP contribution in [0.2, 0.25) is 0 Å². The number of aryl methyl sites for hydroxylation is 1. The summed E-state index contributed by atoms with van der Waals surface area (Å²) >= 11 is 0. The molecule has 3 aliphatic carbocycles. The van der Waals surface area contributed by atoms with Crippen LogP contribution in [0.5, 0.6) is 0 Å². The Morgan fingerprint density at radius 2 is 1.45 bits per heavy atom. The summed E-state index contributed by atoms with van der Waals surface area (Å²) in [5, 5.41) is 2.67. The van der Waals surface area contributed by atoms with Gasteiger partial charge in [0.05, 0.1) is 11.8 Å². The molecule has 0 saturated carbocycles. The third-order valence-corrected chi connectivity index (χ3v) is 11.2. The number of fused-ring (bicyclic) bond motifs is 3. The first kappa shape index (κ1) is 29.8. The summed E-state index contributed by atoms with van der Waals surface area (Å²) in [6.07, 6.45) is 20.4. The highest BCUT2D eigenvalue weighted by molar-refractivity contribution is 6.15. The van der Waals surface area contributed by atoms with Gasteiger partial charge in [0, 0.05) is 12.0 Å². The van der Waals surface area contributed by atoms with Crippen LogP contribution in [0.4, 0.5) is 0 Å². The van der Waals surface area contributed by atoms with Gasteiger partial charge in [0.15, 0.2) is 5.84 Å². The smallest absolute Gasteiger partial charge is 0.155 e. The van der Waals surface area contributed by atoms with E-state index in [2.05, 4.69) is 136 Å². The number of hydrogen-bond acceptors (Lipinski definition) is 2. The quantitative estimate of drug-likeness (QED) is 0.214. The van der Waals surface area contributed by atoms with Crippen molar-refractivity contribution in [2.45, 2.75) is 65.3 Å². The zero-order valence-corrected chi connectivity index (χ0v) is 27.9. The number of rotatable bonds is 5. The van der Waals surface area contributed by atoms with Crippen molar-refractivity contribution in [3.63, 3.8) is 0 Å². The molecule has 0 fully saturated rings. The number of amidine groups is 1. The maximum Gasteiger partial charge on any atom is 0.155 e. The van der Waals surface area contributed by atoms with Gasteiger partial charge in [-0.1, -0.05) is 112 Å². The van der Waals surface area contributed by atoms with Crippen LogP contribution in [0.15, 0.2) is 125 Å². The Balaban J connectivity index is 1.33. The molecule has 0 bridgehead atoms. The minimum atomic E-state index is 0.0615. The Hall–Kier alpha value is -4.56. The van der Waals surface area contributed by atoms with Gasteiger partial charge in [-0.2, -0.15) is 0 Å². The summed E-state index contributed by atoms with van der Waals surface area (Å²) in [4.78, 5) is 10.6. The topological polar surface area (TPSA) is 24.7 Å². The van der Waals surface area contributed by atoms with Crippen molar-refractivity contribution in [2.24, 2.45) is 27.7 Å². The minimum Gasteiger partial charge on any atom is -0.258 e. The summed E-state index contributed by atoms with van der Waals surface area (Å²) in [5.74, 6) is 2.66. The predicted molar refractivity (Wildman–Crippen MR) is 201 cm³/mol. The van der Waals surface area contributed by atoms with Crippen molar-refractivity contribution in [3.8, 4) is 11.1 Å². The van der Waals surface area contributed by atoms with Gasteiger partial charge in [0.2, 0.25) is 0 Å². The highest BCUT2D eigenvalue weighted by atomic mass is 15.0. The van der Waals surface area contributed by atoms with Crippen LogP contribution in [0.3, 0.4) is 0 Å². The molecule has 2 heteroatoms. The lowest BCUT2D eigenvalue weighted by atomic mass is 9.72. The molecule has 0 radical (unpaired) electrons. The van der Waals surface area contributed by atoms with Crippen LogP contribution >= 0.6 is 0 Å². The third kappa shape index (κ3) is 5.69. The van der Waals surface area contributed by atoms with Gasteiger partial charge in [-0.05, 0) is 129 Å². The van der Waals surface area contributed by atoms with Crippen molar-refractivity contribution in [1.82, 2.24) is 0 Å². The molecule has 4 unspecified atom stereocenters. The summed E-state index contributed by atoms with van der Waals surface area (Å²) in [6.45, 7) is 7.26. The Labute approximate surface area is 280 Å². The molecule has 4 atom stereocenters. The van der Waals surface area contributed by atoms with Crippen LogP contribution in [-0.2, 0) is 6.42 Å². The molecule has 0 N–H and O–H groups in total. The first-order valence-corrected chi connectivity index (χ1v) is 17.7. The molecular formula is C45H44N2. The molecule has 47 heavy (non-hydrogen) atoms. The van der Waals surface area contributed by atoms with E-state index in [1.165, 1.54) is 55.3 Å². The van der Waals surface area contributed by atoms with E-state index < -0.39 is 0 Å². The molecular weight excluding hydrogens is 569 g/mol. The fourth-order valence-electron chi connectivity index (χ4n) is 8.09. The number of benzene rings is 4. The molecule has 8 rings (SSSR count).